The van der Waals surface area contributed by atoms with Gasteiger partial charge in [-0.2, -0.15) is 5.10 Å². The molecule has 0 bridgehead atoms. The number of furan rings is 1. The molecule has 2 aromatic heterocycles. The quantitative estimate of drug-likeness (QED) is 0.266. The summed E-state index contributed by atoms with van der Waals surface area (Å²) in [5.74, 6) is -1.16. The number of ether oxygens (including phenoxy) is 4. The average Bonchev–Trinajstić information content (AvgIpc) is 3.57. The van der Waals surface area contributed by atoms with Crippen molar-refractivity contribution in [1.82, 2.24) is 9.78 Å². The molecule has 0 amide bonds. The Bertz CT molecular complexity index is 1400. The van der Waals surface area contributed by atoms with Crippen LogP contribution in [-0.4, -0.2) is 49.0 Å². The van der Waals surface area contributed by atoms with Crippen molar-refractivity contribution in [3.05, 3.63) is 89.5 Å². The zero-order valence-electron chi connectivity index (χ0n) is 19.7. The number of aromatic nitrogens is 2. The first-order valence-electron chi connectivity index (χ1n) is 10.7. The minimum Gasteiger partial charge on any atom is -0.486 e. The minimum absolute atomic E-state index is 0.0379. The Balaban J connectivity index is 1.73. The summed E-state index contributed by atoms with van der Waals surface area (Å²) >= 11 is 0. The molecular formula is C26H22N2O8. The van der Waals surface area contributed by atoms with Crippen molar-refractivity contribution in [3.63, 3.8) is 0 Å². The van der Waals surface area contributed by atoms with Crippen LogP contribution in [0.25, 0.3) is 16.9 Å². The number of carbonyl (C=O) groups excluding carboxylic acids is 3. The Morgan fingerprint density at radius 3 is 2.25 bits per heavy atom. The van der Waals surface area contributed by atoms with Gasteiger partial charge in [-0.25, -0.2) is 19.1 Å². The largest absolute Gasteiger partial charge is 0.486 e. The van der Waals surface area contributed by atoms with E-state index in [9.17, 15) is 14.4 Å². The van der Waals surface area contributed by atoms with Gasteiger partial charge in [-0.15, -0.1) is 0 Å². The predicted molar refractivity (Wildman–Crippen MR) is 126 cm³/mol. The zero-order valence-corrected chi connectivity index (χ0v) is 19.7. The molecule has 10 nitrogen and oxygen atoms in total. The van der Waals surface area contributed by atoms with Crippen LogP contribution in [0.1, 0.15) is 37.2 Å². The van der Waals surface area contributed by atoms with Crippen molar-refractivity contribution in [2.24, 2.45) is 0 Å². The Hall–Kier alpha value is -4.86. The topological polar surface area (TPSA) is 119 Å². The molecule has 184 valence electrons. The molecule has 0 unspecified atom stereocenters. The second-order valence-electron chi connectivity index (χ2n) is 7.38. The van der Waals surface area contributed by atoms with Crippen LogP contribution in [0.4, 0.5) is 0 Å². The third-order valence-corrected chi connectivity index (χ3v) is 5.19. The van der Waals surface area contributed by atoms with Gasteiger partial charge in [-0.3, -0.25) is 0 Å². The minimum atomic E-state index is -0.746. The highest BCUT2D eigenvalue weighted by Crippen LogP contribution is 2.31. The van der Waals surface area contributed by atoms with E-state index in [0.29, 0.717) is 22.8 Å². The van der Waals surface area contributed by atoms with Crippen molar-refractivity contribution in [1.29, 1.82) is 0 Å². The summed E-state index contributed by atoms with van der Waals surface area (Å²) in [5, 5.41) is 4.57. The van der Waals surface area contributed by atoms with Gasteiger partial charge < -0.3 is 23.4 Å². The molecule has 0 aliphatic heterocycles. The normalized spacial score (nSPS) is 10.5. The van der Waals surface area contributed by atoms with Crippen molar-refractivity contribution in [3.8, 4) is 22.7 Å². The van der Waals surface area contributed by atoms with Crippen molar-refractivity contribution >= 4 is 17.9 Å². The van der Waals surface area contributed by atoms with Gasteiger partial charge in [0.2, 0.25) is 5.76 Å². The summed E-state index contributed by atoms with van der Waals surface area (Å²) in [7, 11) is 3.71. The molecule has 0 saturated carbocycles. The number of methoxy groups -OCH3 is 3. The maximum Gasteiger partial charge on any atom is 0.373 e. The first-order chi connectivity index (χ1) is 17.5. The van der Waals surface area contributed by atoms with E-state index in [-0.39, 0.29) is 29.3 Å². The highest BCUT2D eigenvalue weighted by Gasteiger charge is 2.31. The summed E-state index contributed by atoms with van der Waals surface area (Å²) in [6.45, 7) is 0.0379. The van der Waals surface area contributed by atoms with Crippen molar-refractivity contribution in [2.75, 3.05) is 21.3 Å². The van der Waals surface area contributed by atoms with Gasteiger partial charge in [0.1, 0.15) is 29.4 Å². The Morgan fingerprint density at radius 1 is 0.833 bits per heavy atom. The number of carbonyl (C=O) groups is 3. The third kappa shape index (κ3) is 4.83. The van der Waals surface area contributed by atoms with E-state index >= 15 is 0 Å². The average molecular weight is 490 g/mol. The van der Waals surface area contributed by atoms with Crippen LogP contribution < -0.4 is 4.74 Å². The van der Waals surface area contributed by atoms with E-state index in [0.717, 1.165) is 0 Å². The van der Waals surface area contributed by atoms with Crippen LogP contribution in [0, 0.1) is 0 Å². The van der Waals surface area contributed by atoms with E-state index in [4.69, 9.17) is 18.6 Å². The SMILES string of the molecule is COC(=O)c1ccc(COc2cccc(-c3nn(-c4ccccc4)c(C(=O)OC)c3C(=O)OC)c2)o1. The highest BCUT2D eigenvalue weighted by atomic mass is 16.5. The molecule has 0 spiro atoms. The Kier molecular flexibility index (Phi) is 7.15. The molecule has 0 atom stereocenters. The van der Waals surface area contributed by atoms with Gasteiger partial charge in [-0.1, -0.05) is 30.3 Å². The lowest BCUT2D eigenvalue weighted by Gasteiger charge is -2.07. The van der Waals surface area contributed by atoms with Crippen LogP contribution in [0.5, 0.6) is 5.75 Å². The summed E-state index contributed by atoms with van der Waals surface area (Å²) < 4.78 is 27.1. The third-order valence-electron chi connectivity index (χ3n) is 5.19. The molecular weight excluding hydrogens is 468 g/mol. The molecule has 0 fully saturated rings. The van der Waals surface area contributed by atoms with E-state index in [1.54, 1.807) is 54.6 Å². The van der Waals surface area contributed by atoms with Gasteiger partial charge in [0.05, 0.1) is 27.0 Å². The standard InChI is InChI=1S/C26H22N2O8/c1-32-24(29)20-13-12-19(36-20)15-35-18-11-7-8-16(14-18)22-21(25(30)33-2)23(26(31)34-3)28(27-22)17-9-5-4-6-10-17/h4-14H,15H2,1-3H3. The van der Waals surface area contributed by atoms with E-state index in [2.05, 4.69) is 9.84 Å². The molecule has 0 radical (unpaired) electrons. The summed E-state index contributed by atoms with van der Waals surface area (Å²) in [6, 6.07) is 18.8. The maximum atomic E-state index is 12.8. The first kappa shape index (κ1) is 24.3. The molecule has 36 heavy (non-hydrogen) atoms. The van der Waals surface area contributed by atoms with Crippen LogP contribution in [0.2, 0.25) is 0 Å². The number of rotatable bonds is 8. The lowest BCUT2D eigenvalue weighted by atomic mass is 10.1. The molecule has 2 heterocycles. The lowest BCUT2D eigenvalue weighted by Crippen LogP contribution is -2.15. The first-order valence-corrected chi connectivity index (χ1v) is 10.7. The zero-order chi connectivity index (χ0) is 25.7. The number of nitrogens with zero attached hydrogens (tertiary/aromatic N) is 2. The highest BCUT2D eigenvalue weighted by molar-refractivity contribution is 6.06. The molecule has 2 aromatic carbocycles. The lowest BCUT2D eigenvalue weighted by molar-refractivity contribution is 0.0549. The van der Waals surface area contributed by atoms with Gasteiger partial charge in [-0.05, 0) is 36.4 Å². The van der Waals surface area contributed by atoms with Crippen LogP contribution in [0.15, 0.2) is 71.1 Å². The fourth-order valence-electron chi connectivity index (χ4n) is 3.51. The number of esters is 3. The van der Waals surface area contributed by atoms with E-state index < -0.39 is 17.9 Å². The summed E-state index contributed by atoms with van der Waals surface area (Å²) in [4.78, 5) is 37.1. The molecule has 0 N–H and O–H groups in total. The molecule has 4 aromatic rings. The van der Waals surface area contributed by atoms with Crippen LogP contribution in [0.3, 0.4) is 0 Å². The fraction of sp³-hybridized carbons (Fsp3) is 0.154. The number of hydrogen-bond acceptors (Lipinski definition) is 9. The van der Waals surface area contributed by atoms with Crippen molar-refractivity contribution < 1.29 is 37.7 Å². The fourth-order valence-corrected chi connectivity index (χ4v) is 3.51. The second-order valence-corrected chi connectivity index (χ2v) is 7.38. The molecule has 4 rings (SSSR count). The molecule has 0 saturated heterocycles. The molecule has 0 aliphatic rings. The number of para-hydroxylation sites is 1. The predicted octanol–water partition coefficient (Wildman–Crippen LogP) is 4.07. The monoisotopic (exact) mass is 490 g/mol. The molecule has 0 aliphatic carbocycles. The maximum absolute atomic E-state index is 12.8. The summed E-state index contributed by atoms with van der Waals surface area (Å²) in [5.41, 5.74) is 1.16. The number of hydrogen-bond donors (Lipinski definition) is 0. The van der Waals surface area contributed by atoms with Gasteiger partial charge in [0.25, 0.3) is 0 Å². The van der Waals surface area contributed by atoms with E-state index in [1.807, 2.05) is 6.07 Å². The van der Waals surface area contributed by atoms with Crippen LogP contribution in [-0.2, 0) is 20.8 Å². The second kappa shape index (κ2) is 10.6. The smallest absolute Gasteiger partial charge is 0.373 e. The van der Waals surface area contributed by atoms with E-state index in [1.165, 1.54) is 32.1 Å². The summed E-state index contributed by atoms with van der Waals surface area (Å²) in [6.07, 6.45) is 0. The van der Waals surface area contributed by atoms with Crippen LogP contribution >= 0.6 is 0 Å². The van der Waals surface area contributed by atoms with Gasteiger partial charge >= 0.3 is 17.9 Å². The Morgan fingerprint density at radius 2 is 1.56 bits per heavy atom. The van der Waals surface area contributed by atoms with Gasteiger partial charge in [0, 0.05) is 5.56 Å². The molecule has 10 heteroatoms. The van der Waals surface area contributed by atoms with Crippen molar-refractivity contribution in [2.45, 2.75) is 6.61 Å². The van der Waals surface area contributed by atoms with Gasteiger partial charge in [0.15, 0.2) is 5.69 Å². The Labute approximate surface area is 205 Å². The number of benzene rings is 2.